The van der Waals surface area contributed by atoms with Gasteiger partial charge in [-0.2, -0.15) is 8.78 Å². The second kappa shape index (κ2) is 9.66. The number of hydrogen-bond donors (Lipinski definition) is 2. The molecule has 2 N–H and O–H groups in total. The van der Waals surface area contributed by atoms with E-state index < -0.39 is 18.0 Å². The highest BCUT2D eigenvalue weighted by atomic mass is 32.1. The van der Waals surface area contributed by atoms with Gasteiger partial charge in [-0.3, -0.25) is 9.59 Å². The Labute approximate surface area is 178 Å². The number of nitrogens with zero attached hydrogens (tertiary/aromatic N) is 1. The van der Waals surface area contributed by atoms with Gasteiger partial charge < -0.3 is 15.1 Å². The minimum absolute atomic E-state index is 0.00660. The van der Waals surface area contributed by atoms with Gasteiger partial charge in [-0.25, -0.2) is 0 Å². The Morgan fingerprint density at radius 2 is 2.07 bits per heavy atom. The number of aryl methyl sites for hydroxylation is 1. The van der Waals surface area contributed by atoms with Crippen molar-refractivity contribution in [3.05, 3.63) is 57.8 Å². The molecule has 8 heteroatoms. The number of carboxylic acids is 1. The molecule has 0 bridgehead atoms. The summed E-state index contributed by atoms with van der Waals surface area (Å²) in [5.41, 5.74) is 0.671. The van der Waals surface area contributed by atoms with Crippen LogP contribution < -0.4 is 0 Å². The van der Waals surface area contributed by atoms with E-state index >= 15 is 0 Å². The molecule has 30 heavy (non-hydrogen) atoms. The van der Waals surface area contributed by atoms with Gasteiger partial charge in [-0.05, 0) is 55.5 Å². The Kier molecular flexibility index (Phi) is 7.20. The van der Waals surface area contributed by atoms with E-state index in [1.54, 1.807) is 0 Å². The van der Waals surface area contributed by atoms with Crippen LogP contribution in [0.15, 0.2) is 48.1 Å². The number of aliphatic hydroxyl groups is 1. The number of amides is 1. The SMILES string of the molecule is O=C(O)CCc1ccc(CN2C(=O)CC[C@@H]2C=CCCC2=CC(O)C(F)(F)C=C2)s1. The Hall–Kier alpha value is -2.32. The van der Waals surface area contributed by atoms with Crippen molar-refractivity contribution in [2.45, 2.75) is 63.1 Å². The molecule has 1 aromatic heterocycles. The lowest BCUT2D eigenvalue weighted by Gasteiger charge is -2.22. The number of alkyl halides is 2. The van der Waals surface area contributed by atoms with E-state index in [9.17, 15) is 23.5 Å². The summed E-state index contributed by atoms with van der Waals surface area (Å²) in [5, 5.41) is 18.2. The van der Waals surface area contributed by atoms with Crippen LogP contribution in [0.25, 0.3) is 0 Å². The Morgan fingerprint density at radius 1 is 1.30 bits per heavy atom. The molecule has 1 unspecified atom stereocenters. The van der Waals surface area contributed by atoms with Crippen molar-refractivity contribution in [2.24, 2.45) is 0 Å². The van der Waals surface area contributed by atoms with Crippen LogP contribution in [0.4, 0.5) is 8.78 Å². The van der Waals surface area contributed by atoms with Crippen LogP contribution >= 0.6 is 11.3 Å². The van der Waals surface area contributed by atoms with E-state index in [4.69, 9.17) is 5.11 Å². The standard InChI is InChI=1S/C22H25F2NO4S/c23-22(24)12-11-15(13-19(22)26)3-1-2-4-16-5-9-20(27)25(16)14-18-7-6-17(30-18)8-10-21(28)29/h2,4,6-7,11-13,16,19,26H,1,3,5,8-10,14H2,(H,28,29)/t16-,19?/m0/s1. The van der Waals surface area contributed by atoms with Gasteiger partial charge in [0.15, 0.2) is 0 Å². The quantitative estimate of drug-likeness (QED) is 0.571. The number of carbonyl (C=O) groups is 2. The lowest BCUT2D eigenvalue weighted by molar-refractivity contribution is -0.137. The number of carbonyl (C=O) groups excluding carboxylic acids is 1. The molecule has 1 saturated heterocycles. The Balaban J connectivity index is 1.51. The largest absolute Gasteiger partial charge is 0.481 e. The van der Waals surface area contributed by atoms with Gasteiger partial charge in [0.05, 0.1) is 19.0 Å². The van der Waals surface area contributed by atoms with Gasteiger partial charge in [0.1, 0.15) is 6.10 Å². The Morgan fingerprint density at radius 3 is 2.80 bits per heavy atom. The third kappa shape index (κ3) is 5.86. The van der Waals surface area contributed by atoms with Crippen LogP contribution in [0.1, 0.15) is 41.9 Å². The van der Waals surface area contributed by atoms with Gasteiger partial charge in [0, 0.05) is 16.2 Å². The number of halogens is 2. The van der Waals surface area contributed by atoms with Crippen LogP contribution in [-0.2, 0) is 22.6 Å². The minimum Gasteiger partial charge on any atom is -0.481 e. The maximum absolute atomic E-state index is 13.2. The zero-order valence-electron chi connectivity index (χ0n) is 16.5. The highest BCUT2D eigenvalue weighted by molar-refractivity contribution is 7.12. The third-order valence-electron chi connectivity index (χ3n) is 5.25. The Bertz CT molecular complexity index is 874. The fraction of sp³-hybridized carbons (Fsp3) is 0.455. The molecule has 2 heterocycles. The zero-order valence-corrected chi connectivity index (χ0v) is 17.3. The summed E-state index contributed by atoms with van der Waals surface area (Å²) in [5.74, 6) is -3.94. The molecule has 1 aliphatic heterocycles. The van der Waals surface area contributed by atoms with E-state index in [0.717, 1.165) is 22.3 Å². The van der Waals surface area contributed by atoms with Crippen LogP contribution in [0.2, 0.25) is 0 Å². The van der Waals surface area contributed by atoms with Gasteiger partial charge in [-0.1, -0.05) is 18.2 Å². The van der Waals surface area contributed by atoms with Crippen LogP contribution in [0.3, 0.4) is 0 Å². The van der Waals surface area contributed by atoms with Gasteiger partial charge in [0.2, 0.25) is 5.91 Å². The smallest absolute Gasteiger partial charge is 0.303 e. The number of rotatable bonds is 9. The number of allylic oxidation sites excluding steroid dienone is 3. The number of thiophene rings is 1. The van der Waals surface area contributed by atoms with Crippen LogP contribution in [0.5, 0.6) is 0 Å². The summed E-state index contributed by atoms with van der Waals surface area (Å²) in [7, 11) is 0. The van der Waals surface area contributed by atoms with Crippen LogP contribution in [0, 0.1) is 0 Å². The average Bonchev–Trinajstić information content (AvgIpc) is 3.28. The fourth-order valence-corrected chi connectivity index (χ4v) is 4.57. The maximum atomic E-state index is 13.2. The number of aliphatic carboxylic acids is 1. The predicted octanol–water partition coefficient (Wildman–Crippen LogP) is 4.09. The second-order valence-corrected chi connectivity index (χ2v) is 8.80. The van der Waals surface area contributed by atoms with Crippen LogP contribution in [-0.4, -0.2) is 45.1 Å². The molecule has 3 rings (SSSR count). The zero-order chi connectivity index (χ0) is 21.7. The molecular formula is C22H25F2NO4S. The second-order valence-electron chi connectivity index (χ2n) is 7.55. The topological polar surface area (TPSA) is 77.8 Å². The van der Waals surface area contributed by atoms with Gasteiger partial charge in [0.25, 0.3) is 5.92 Å². The summed E-state index contributed by atoms with van der Waals surface area (Å²) < 4.78 is 26.5. The van der Waals surface area contributed by atoms with Crippen molar-refractivity contribution in [2.75, 3.05) is 0 Å². The minimum atomic E-state index is -3.21. The lowest BCUT2D eigenvalue weighted by Crippen LogP contribution is -2.31. The van der Waals surface area contributed by atoms with E-state index in [1.807, 2.05) is 29.2 Å². The van der Waals surface area contributed by atoms with Crippen molar-refractivity contribution < 1.29 is 28.6 Å². The maximum Gasteiger partial charge on any atom is 0.303 e. The van der Waals surface area contributed by atoms with Gasteiger partial charge in [-0.15, -0.1) is 11.3 Å². The molecule has 0 saturated carbocycles. The van der Waals surface area contributed by atoms with Crippen molar-refractivity contribution in [1.29, 1.82) is 0 Å². The first-order chi connectivity index (χ1) is 14.2. The molecule has 0 spiro atoms. The molecule has 1 fully saturated rings. The van der Waals surface area contributed by atoms with E-state index in [2.05, 4.69) is 0 Å². The molecule has 5 nitrogen and oxygen atoms in total. The molecular weight excluding hydrogens is 412 g/mol. The lowest BCUT2D eigenvalue weighted by atomic mass is 9.98. The molecule has 2 aliphatic rings. The van der Waals surface area contributed by atoms with E-state index in [-0.39, 0.29) is 18.4 Å². The van der Waals surface area contributed by atoms with E-state index in [0.29, 0.717) is 37.8 Å². The molecule has 0 radical (unpaired) electrons. The molecule has 1 amide bonds. The highest BCUT2D eigenvalue weighted by Crippen LogP contribution is 2.29. The third-order valence-corrected chi connectivity index (χ3v) is 6.38. The summed E-state index contributed by atoms with van der Waals surface area (Å²) in [4.78, 5) is 26.8. The first-order valence-corrected chi connectivity index (χ1v) is 10.8. The average molecular weight is 438 g/mol. The normalized spacial score (nSPS) is 23.4. The van der Waals surface area contributed by atoms with Crippen molar-refractivity contribution in [3.8, 4) is 0 Å². The molecule has 0 aromatic carbocycles. The van der Waals surface area contributed by atoms with Gasteiger partial charge >= 0.3 is 5.97 Å². The highest BCUT2D eigenvalue weighted by Gasteiger charge is 2.36. The molecule has 2 atom stereocenters. The number of hydrogen-bond acceptors (Lipinski definition) is 4. The molecule has 1 aliphatic carbocycles. The first kappa shape index (κ1) is 22.4. The monoisotopic (exact) mass is 437 g/mol. The number of likely N-dealkylation sites (tertiary alicyclic amines) is 1. The number of aliphatic hydroxyl groups excluding tert-OH is 1. The van der Waals surface area contributed by atoms with E-state index in [1.165, 1.54) is 23.5 Å². The van der Waals surface area contributed by atoms with Crippen molar-refractivity contribution in [3.63, 3.8) is 0 Å². The fourth-order valence-electron chi connectivity index (χ4n) is 3.56. The van der Waals surface area contributed by atoms with Crippen molar-refractivity contribution in [1.82, 2.24) is 4.90 Å². The predicted molar refractivity (Wildman–Crippen MR) is 110 cm³/mol. The first-order valence-electron chi connectivity index (χ1n) is 9.96. The summed E-state index contributed by atoms with van der Waals surface area (Å²) in [6.07, 6.45) is 8.42. The summed E-state index contributed by atoms with van der Waals surface area (Å²) in [6, 6.07) is 3.85. The molecule has 162 valence electrons. The molecule has 1 aromatic rings. The number of carboxylic acid groups (broad SMARTS) is 1. The summed E-state index contributed by atoms with van der Waals surface area (Å²) >= 11 is 1.53. The van der Waals surface area contributed by atoms with Crippen molar-refractivity contribution >= 4 is 23.2 Å². The summed E-state index contributed by atoms with van der Waals surface area (Å²) in [6.45, 7) is 0.501.